The smallest absolute Gasteiger partial charge is 0.356 e. The first-order valence-electron chi connectivity index (χ1n) is 3.58. The molecule has 0 aliphatic rings. The lowest BCUT2D eigenvalue weighted by Gasteiger charge is -1.96. The van der Waals surface area contributed by atoms with E-state index in [0.717, 1.165) is 12.1 Å². The van der Waals surface area contributed by atoms with Crippen LogP contribution in [0.3, 0.4) is 0 Å². The third-order valence-corrected chi connectivity index (χ3v) is 1.75. The zero-order valence-electron chi connectivity index (χ0n) is 6.93. The fraction of sp³-hybridized carbons (Fsp3) is 0.429. The van der Waals surface area contributed by atoms with Crippen LogP contribution in [0.5, 0.6) is 0 Å². The lowest BCUT2D eigenvalue weighted by Crippen LogP contribution is -2.04. The molecule has 0 aromatic carbocycles. The SMILES string of the molecule is CCc1[nH]c(=S)[nH]c1C(=O)OC. The number of methoxy groups -OCH3 is 1. The van der Waals surface area contributed by atoms with Gasteiger partial charge in [-0.15, -0.1) is 0 Å². The molecule has 0 aliphatic carbocycles. The summed E-state index contributed by atoms with van der Waals surface area (Å²) in [6.07, 6.45) is 0.720. The highest BCUT2D eigenvalue weighted by atomic mass is 32.1. The molecule has 66 valence electrons. The van der Waals surface area contributed by atoms with Crippen LogP contribution in [0.4, 0.5) is 0 Å². The van der Waals surface area contributed by atoms with Gasteiger partial charge in [0.05, 0.1) is 7.11 Å². The number of nitrogens with one attached hydrogen (secondary N) is 2. The van der Waals surface area contributed by atoms with E-state index in [1.807, 2.05) is 6.92 Å². The van der Waals surface area contributed by atoms with Crippen LogP contribution in [0, 0.1) is 4.77 Å². The Morgan fingerprint density at radius 2 is 2.25 bits per heavy atom. The molecule has 0 unspecified atom stereocenters. The molecule has 2 N–H and O–H groups in total. The Labute approximate surface area is 75.0 Å². The van der Waals surface area contributed by atoms with Gasteiger partial charge >= 0.3 is 5.97 Å². The minimum absolute atomic E-state index is 0.390. The normalized spacial score (nSPS) is 9.83. The largest absolute Gasteiger partial charge is 0.464 e. The van der Waals surface area contributed by atoms with E-state index < -0.39 is 0 Å². The summed E-state index contributed by atoms with van der Waals surface area (Å²) in [6.45, 7) is 1.93. The Morgan fingerprint density at radius 3 is 2.75 bits per heavy atom. The molecule has 1 aromatic rings. The predicted octanol–water partition coefficient (Wildman–Crippen LogP) is 1.42. The van der Waals surface area contributed by atoms with E-state index in [-0.39, 0.29) is 5.97 Å². The fourth-order valence-electron chi connectivity index (χ4n) is 0.961. The minimum atomic E-state index is -0.390. The van der Waals surface area contributed by atoms with Crippen LogP contribution in [-0.4, -0.2) is 23.0 Å². The van der Waals surface area contributed by atoms with Crippen molar-refractivity contribution in [1.82, 2.24) is 9.97 Å². The summed E-state index contributed by atoms with van der Waals surface area (Å²) < 4.78 is 5.01. The van der Waals surface area contributed by atoms with Crippen molar-refractivity contribution in [3.8, 4) is 0 Å². The number of H-pyrrole nitrogens is 2. The second-order valence-electron chi connectivity index (χ2n) is 2.28. The summed E-state index contributed by atoms with van der Waals surface area (Å²) in [6, 6.07) is 0. The highest BCUT2D eigenvalue weighted by molar-refractivity contribution is 7.71. The zero-order chi connectivity index (χ0) is 9.14. The Balaban J connectivity index is 3.13. The van der Waals surface area contributed by atoms with Gasteiger partial charge in [0.2, 0.25) is 0 Å². The number of aromatic amines is 2. The van der Waals surface area contributed by atoms with Crippen molar-refractivity contribution < 1.29 is 9.53 Å². The van der Waals surface area contributed by atoms with Crippen molar-refractivity contribution >= 4 is 18.2 Å². The maximum atomic E-state index is 11.1. The summed E-state index contributed by atoms with van der Waals surface area (Å²) in [7, 11) is 1.34. The van der Waals surface area contributed by atoms with Gasteiger partial charge in [-0.1, -0.05) is 6.92 Å². The van der Waals surface area contributed by atoms with E-state index in [4.69, 9.17) is 12.2 Å². The number of imidazole rings is 1. The molecule has 0 atom stereocenters. The van der Waals surface area contributed by atoms with Crippen LogP contribution < -0.4 is 0 Å². The molecule has 0 spiro atoms. The third kappa shape index (κ3) is 1.55. The van der Waals surface area contributed by atoms with Gasteiger partial charge < -0.3 is 14.7 Å². The van der Waals surface area contributed by atoms with Gasteiger partial charge in [0, 0.05) is 5.69 Å². The van der Waals surface area contributed by atoms with E-state index >= 15 is 0 Å². The van der Waals surface area contributed by atoms with Crippen molar-refractivity contribution in [2.24, 2.45) is 0 Å². The number of aryl methyl sites for hydroxylation is 1. The number of rotatable bonds is 2. The number of carbonyl (C=O) groups is 1. The molecule has 0 saturated heterocycles. The summed E-state index contributed by atoms with van der Waals surface area (Å²) in [4.78, 5) is 16.7. The molecule has 0 aliphatic heterocycles. The monoisotopic (exact) mass is 186 g/mol. The van der Waals surface area contributed by atoms with Gasteiger partial charge in [-0.25, -0.2) is 4.79 Å². The first-order chi connectivity index (χ1) is 5.69. The van der Waals surface area contributed by atoms with Crippen molar-refractivity contribution in [2.75, 3.05) is 7.11 Å². The standard InChI is InChI=1S/C7H10N2O2S/c1-3-4-5(6(10)11-2)9-7(12)8-4/h3H2,1-2H3,(H2,8,9,12). The topological polar surface area (TPSA) is 57.9 Å². The fourth-order valence-corrected chi connectivity index (χ4v) is 1.19. The predicted molar refractivity (Wildman–Crippen MR) is 46.7 cm³/mol. The van der Waals surface area contributed by atoms with Crippen molar-refractivity contribution in [2.45, 2.75) is 13.3 Å². The highest BCUT2D eigenvalue weighted by Gasteiger charge is 2.12. The van der Waals surface area contributed by atoms with Gasteiger partial charge in [-0.2, -0.15) is 0 Å². The molecular weight excluding hydrogens is 176 g/mol. The summed E-state index contributed by atoms with van der Waals surface area (Å²) in [5.74, 6) is -0.390. The molecule has 1 aromatic heterocycles. The molecule has 0 saturated carbocycles. The van der Waals surface area contributed by atoms with Crippen LogP contribution >= 0.6 is 12.2 Å². The molecule has 0 bridgehead atoms. The first-order valence-corrected chi connectivity index (χ1v) is 3.99. The number of ether oxygens (including phenoxy) is 1. The number of aromatic nitrogens is 2. The number of hydrogen-bond donors (Lipinski definition) is 2. The quantitative estimate of drug-likeness (QED) is 0.542. The van der Waals surface area contributed by atoms with Crippen molar-refractivity contribution in [3.05, 3.63) is 16.2 Å². The average molecular weight is 186 g/mol. The van der Waals surface area contributed by atoms with Crippen molar-refractivity contribution in [3.63, 3.8) is 0 Å². The van der Waals surface area contributed by atoms with Gasteiger partial charge in [-0.3, -0.25) is 0 Å². The summed E-state index contributed by atoms with van der Waals surface area (Å²) in [5, 5.41) is 0. The molecule has 0 fully saturated rings. The molecule has 1 rings (SSSR count). The summed E-state index contributed by atoms with van der Waals surface area (Å²) in [5.41, 5.74) is 1.21. The third-order valence-electron chi connectivity index (χ3n) is 1.55. The number of carbonyl (C=O) groups excluding carboxylic acids is 1. The van der Waals surface area contributed by atoms with E-state index in [9.17, 15) is 4.79 Å². The second kappa shape index (κ2) is 3.53. The maximum absolute atomic E-state index is 11.1. The van der Waals surface area contributed by atoms with E-state index in [1.165, 1.54) is 7.11 Å². The number of hydrogen-bond acceptors (Lipinski definition) is 3. The van der Waals surface area contributed by atoms with Gasteiger partial charge in [0.25, 0.3) is 0 Å². The van der Waals surface area contributed by atoms with E-state index in [0.29, 0.717) is 10.5 Å². The van der Waals surface area contributed by atoms with Crippen LogP contribution in [0.25, 0.3) is 0 Å². The van der Waals surface area contributed by atoms with Crippen LogP contribution in [0.1, 0.15) is 23.1 Å². The van der Waals surface area contributed by atoms with E-state index in [1.54, 1.807) is 0 Å². The Kier molecular flexibility index (Phi) is 2.65. The molecule has 12 heavy (non-hydrogen) atoms. The maximum Gasteiger partial charge on any atom is 0.356 e. The molecular formula is C7H10N2O2S. The Bertz CT molecular complexity index is 339. The zero-order valence-corrected chi connectivity index (χ0v) is 7.75. The first kappa shape index (κ1) is 8.99. The van der Waals surface area contributed by atoms with Gasteiger partial charge in [0.15, 0.2) is 4.77 Å². The molecule has 1 heterocycles. The lowest BCUT2D eigenvalue weighted by atomic mass is 10.3. The van der Waals surface area contributed by atoms with Crippen molar-refractivity contribution in [1.29, 1.82) is 0 Å². The van der Waals surface area contributed by atoms with Crippen LogP contribution in [0.2, 0.25) is 0 Å². The Hall–Kier alpha value is -1.10. The summed E-state index contributed by atoms with van der Waals surface area (Å²) >= 11 is 4.83. The molecule has 4 nitrogen and oxygen atoms in total. The average Bonchev–Trinajstić information content (AvgIpc) is 2.45. The van der Waals surface area contributed by atoms with Crippen LogP contribution in [0.15, 0.2) is 0 Å². The lowest BCUT2D eigenvalue weighted by molar-refractivity contribution is 0.0593. The van der Waals surface area contributed by atoms with E-state index in [2.05, 4.69) is 14.7 Å². The van der Waals surface area contributed by atoms with Gasteiger partial charge in [0.1, 0.15) is 5.69 Å². The number of esters is 1. The molecule has 0 radical (unpaired) electrons. The highest BCUT2D eigenvalue weighted by Crippen LogP contribution is 2.05. The van der Waals surface area contributed by atoms with Gasteiger partial charge in [-0.05, 0) is 18.6 Å². The van der Waals surface area contributed by atoms with Crippen LogP contribution in [-0.2, 0) is 11.2 Å². The second-order valence-corrected chi connectivity index (χ2v) is 2.69. The Morgan fingerprint density at radius 1 is 1.58 bits per heavy atom. The molecule has 5 heteroatoms. The molecule has 0 amide bonds. The minimum Gasteiger partial charge on any atom is -0.464 e.